The Hall–Kier alpha value is -2.88. The van der Waals surface area contributed by atoms with Crippen molar-refractivity contribution in [2.45, 2.75) is 57.3 Å². The van der Waals surface area contributed by atoms with Crippen molar-refractivity contribution in [3.8, 4) is 5.75 Å². The number of hydrogen-bond acceptors (Lipinski definition) is 5. The number of Topliss-reactive ketones (excluding diaryl/α,β-unsaturated/α-hetero) is 1. The number of ether oxygens (including phenoxy) is 2. The number of nitrogens with zero attached hydrogens (tertiary/aromatic N) is 1. The highest BCUT2D eigenvalue weighted by Gasteiger charge is 2.71. The number of alkyl halides is 3. The molecule has 0 spiro atoms. The minimum atomic E-state index is -5.25. The zero-order valence-corrected chi connectivity index (χ0v) is 19.3. The Labute approximate surface area is 195 Å². The van der Waals surface area contributed by atoms with Gasteiger partial charge in [0.25, 0.3) is 11.8 Å². The number of hydrogen-bond donors (Lipinski definition) is 1. The maximum atomic E-state index is 14.8. The second kappa shape index (κ2) is 8.41. The molecule has 10 heteroatoms. The molecule has 1 aromatic carbocycles. The van der Waals surface area contributed by atoms with Gasteiger partial charge in [0.05, 0.1) is 25.3 Å². The zero-order chi connectivity index (χ0) is 24.9. The molecule has 0 aromatic heterocycles. The van der Waals surface area contributed by atoms with Gasteiger partial charge in [-0.3, -0.25) is 14.4 Å². The number of methoxy groups -OCH3 is 1. The number of benzene rings is 1. The first-order valence-electron chi connectivity index (χ1n) is 11.1. The van der Waals surface area contributed by atoms with Gasteiger partial charge in [0.2, 0.25) is 5.54 Å². The molecule has 34 heavy (non-hydrogen) atoms. The highest BCUT2D eigenvalue weighted by atomic mass is 19.4. The molecule has 2 atom stereocenters. The molecule has 184 valence electrons. The smallest absolute Gasteiger partial charge is 0.425 e. The molecule has 1 aromatic rings. The van der Waals surface area contributed by atoms with Crippen LogP contribution in [0.5, 0.6) is 5.75 Å². The van der Waals surface area contributed by atoms with Crippen LogP contribution in [0.4, 0.5) is 13.2 Å². The first-order valence-corrected chi connectivity index (χ1v) is 11.1. The molecule has 3 aliphatic rings. The molecule has 1 fully saturated rings. The quantitative estimate of drug-likeness (QED) is 0.699. The minimum absolute atomic E-state index is 0.0185. The van der Waals surface area contributed by atoms with Gasteiger partial charge in [-0.15, -0.1) is 0 Å². The number of amides is 2. The van der Waals surface area contributed by atoms with Crippen LogP contribution < -0.4 is 10.1 Å². The van der Waals surface area contributed by atoms with E-state index in [1.807, 2.05) is 5.32 Å². The highest BCUT2D eigenvalue weighted by Crippen LogP contribution is 2.52. The van der Waals surface area contributed by atoms with E-state index in [1.54, 1.807) is 13.8 Å². The fraction of sp³-hybridized carbons (Fsp3) is 0.542. The van der Waals surface area contributed by atoms with Gasteiger partial charge in [-0.1, -0.05) is 19.9 Å². The largest absolute Gasteiger partial charge is 0.497 e. The van der Waals surface area contributed by atoms with Crippen molar-refractivity contribution in [3.05, 3.63) is 41.1 Å². The van der Waals surface area contributed by atoms with Gasteiger partial charge in [0.15, 0.2) is 5.78 Å². The van der Waals surface area contributed by atoms with Crippen molar-refractivity contribution in [3.63, 3.8) is 0 Å². The number of allylic oxidation sites excluding steroid dienone is 1. The standard InChI is InChI=1S/C24H27F3N2O5/c1-22(2)11-17-19(18(30)12-22)23(24(25,26)27,21(32)29(17)13-16-8-5-9-34-16)28-20(31)14-6-4-7-15(10-14)33-3/h4,6-7,10,16H,5,8-9,11-13H2,1-3H3,(H,28,31)/t16-,23+/m0/s1. The molecule has 4 rings (SSSR count). The van der Waals surface area contributed by atoms with Crippen LogP contribution in [0, 0.1) is 5.41 Å². The van der Waals surface area contributed by atoms with Crippen molar-refractivity contribution >= 4 is 17.6 Å². The van der Waals surface area contributed by atoms with E-state index in [9.17, 15) is 27.6 Å². The third kappa shape index (κ3) is 3.97. The van der Waals surface area contributed by atoms with E-state index in [0.717, 1.165) is 11.3 Å². The molecule has 2 amide bonds. The van der Waals surface area contributed by atoms with Crippen molar-refractivity contribution in [2.24, 2.45) is 5.41 Å². The van der Waals surface area contributed by atoms with Gasteiger partial charge < -0.3 is 19.7 Å². The average molecular weight is 480 g/mol. The fourth-order valence-corrected chi connectivity index (χ4v) is 5.02. The Morgan fingerprint density at radius 3 is 2.62 bits per heavy atom. The van der Waals surface area contributed by atoms with Crippen molar-refractivity contribution < 1.29 is 37.0 Å². The average Bonchev–Trinajstić information content (AvgIpc) is 3.34. The first kappa shape index (κ1) is 24.3. The molecule has 0 unspecified atom stereocenters. The summed E-state index contributed by atoms with van der Waals surface area (Å²) < 4.78 is 55.0. The fourth-order valence-electron chi connectivity index (χ4n) is 5.02. The zero-order valence-electron chi connectivity index (χ0n) is 19.3. The lowest BCUT2D eigenvalue weighted by Gasteiger charge is -2.35. The molecule has 0 radical (unpaired) electrons. The van der Waals surface area contributed by atoms with Gasteiger partial charge in [-0.2, -0.15) is 13.2 Å². The van der Waals surface area contributed by atoms with Crippen molar-refractivity contribution in [1.82, 2.24) is 10.2 Å². The lowest BCUT2D eigenvalue weighted by atomic mass is 9.72. The number of rotatable bonds is 5. The third-order valence-electron chi connectivity index (χ3n) is 6.59. The van der Waals surface area contributed by atoms with E-state index in [-0.39, 0.29) is 36.4 Å². The molecule has 1 aliphatic carbocycles. The highest BCUT2D eigenvalue weighted by molar-refractivity contribution is 6.14. The third-order valence-corrected chi connectivity index (χ3v) is 6.59. The van der Waals surface area contributed by atoms with Crippen LogP contribution >= 0.6 is 0 Å². The second-order valence-electron chi connectivity index (χ2n) is 9.75. The lowest BCUT2D eigenvalue weighted by Crippen LogP contribution is -2.66. The van der Waals surface area contributed by atoms with E-state index in [0.29, 0.717) is 13.0 Å². The molecule has 1 N–H and O–H groups in total. The molecule has 2 heterocycles. The maximum absolute atomic E-state index is 14.8. The summed E-state index contributed by atoms with van der Waals surface area (Å²) in [5.74, 6) is -3.03. The van der Waals surface area contributed by atoms with E-state index in [1.165, 1.54) is 31.4 Å². The van der Waals surface area contributed by atoms with Crippen LogP contribution in [0.2, 0.25) is 0 Å². The van der Waals surface area contributed by atoms with Gasteiger partial charge in [0.1, 0.15) is 5.75 Å². The van der Waals surface area contributed by atoms with E-state index >= 15 is 0 Å². The van der Waals surface area contributed by atoms with E-state index in [2.05, 4.69) is 0 Å². The number of ketones is 1. The Morgan fingerprint density at radius 1 is 1.26 bits per heavy atom. The summed E-state index contributed by atoms with van der Waals surface area (Å²) in [7, 11) is 1.36. The van der Waals surface area contributed by atoms with Crippen LogP contribution in [-0.2, 0) is 14.3 Å². The van der Waals surface area contributed by atoms with Crippen LogP contribution in [0.3, 0.4) is 0 Å². The van der Waals surface area contributed by atoms with E-state index in [4.69, 9.17) is 9.47 Å². The molecule has 0 bridgehead atoms. The first-order chi connectivity index (χ1) is 15.9. The maximum Gasteiger partial charge on any atom is 0.425 e. The van der Waals surface area contributed by atoms with Crippen LogP contribution in [0.1, 0.15) is 49.9 Å². The molecule has 0 saturated carbocycles. The van der Waals surface area contributed by atoms with Crippen molar-refractivity contribution in [1.29, 1.82) is 0 Å². The van der Waals surface area contributed by atoms with Crippen LogP contribution in [-0.4, -0.2) is 60.6 Å². The van der Waals surface area contributed by atoms with E-state index < -0.39 is 46.4 Å². The molecule has 7 nitrogen and oxygen atoms in total. The van der Waals surface area contributed by atoms with Gasteiger partial charge in [0, 0.05) is 24.3 Å². The predicted octanol–water partition coefficient (Wildman–Crippen LogP) is 3.39. The topological polar surface area (TPSA) is 84.9 Å². The summed E-state index contributed by atoms with van der Waals surface area (Å²) in [6.45, 7) is 3.89. The van der Waals surface area contributed by atoms with Crippen molar-refractivity contribution in [2.75, 3.05) is 20.3 Å². The Morgan fingerprint density at radius 2 is 2.00 bits per heavy atom. The van der Waals surface area contributed by atoms with Crippen LogP contribution in [0.15, 0.2) is 35.5 Å². The van der Waals surface area contributed by atoms with Gasteiger partial charge in [-0.05, 0) is 42.9 Å². The monoisotopic (exact) mass is 480 g/mol. The summed E-state index contributed by atoms with van der Waals surface area (Å²) in [4.78, 5) is 40.8. The molecular weight excluding hydrogens is 453 g/mol. The molecule has 1 saturated heterocycles. The molecular formula is C24H27F3N2O5. The number of halogens is 3. The number of carbonyl (C=O) groups is 3. The number of nitrogens with one attached hydrogen (secondary N) is 1. The summed E-state index contributed by atoms with van der Waals surface area (Å²) in [6, 6.07) is 5.57. The van der Waals surface area contributed by atoms with Gasteiger partial charge in [-0.25, -0.2) is 0 Å². The second-order valence-corrected chi connectivity index (χ2v) is 9.75. The minimum Gasteiger partial charge on any atom is -0.497 e. The van der Waals surface area contributed by atoms with Crippen LogP contribution in [0.25, 0.3) is 0 Å². The Balaban J connectivity index is 1.83. The summed E-state index contributed by atoms with van der Waals surface area (Å²) in [5.41, 5.74) is -4.89. The summed E-state index contributed by atoms with van der Waals surface area (Å²) in [5, 5.41) is 1.93. The molecule has 2 aliphatic heterocycles. The normalized spacial score (nSPS) is 26.6. The number of carbonyl (C=O) groups excluding carboxylic acids is 3. The lowest BCUT2D eigenvalue weighted by molar-refractivity contribution is -0.191. The van der Waals surface area contributed by atoms with Gasteiger partial charge >= 0.3 is 6.18 Å². The summed E-state index contributed by atoms with van der Waals surface area (Å²) >= 11 is 0. The SMILES string of the molecule is COc1cccc(C(=O)N[C@@]2(C(F)(F)F)C(=O)N(C[C@@H]3CCCO3)C3=C2C(=O)CC(C)(C)C3)c1. The Bertz CT molecular complexity index is 1060. The summed E-state index contributed by atoms with van der Waals surface area (Å²) in [6.07, 6.45) is -4.42. The predicted molar refractivity (Wildman–Crippen MR) is 115 cm³/mol. The Kier molecular flexibility index (Phi) is 6.00.